The third-order valence-corrected chi connectivity index (χ3v) is 16.4. The first-order valence-corrected chi connectivity index (χ1v) is 25.2. The van der Waals surface area contributed by atoms with Gasteiger partial charge in [0.05, 0.1) is 37.6 Å². The number of alkyl carbamates (subject to hydrolysis) is 1. The van der Waals surface area contributed by atoms with Gasteiger partial charge in [0.1, 0.15) is 63.4 Å². The summed E-state index contributed by atoms with van der Waals surface area (Å²) in [6, 6.07) is 5.92. The van der Waals surface area contributed by atoms with Crippen LogP contribution in [0.5, 0.6) is 11.5 Å². The maximum atomic E-state index is 15.0. The second kappa shape index (κ2) is 19.7. The first-order valence-electron chi connectivity index (χ1n) is 22.1. The lowest BCUT2D eigenvalue weighted by molar-refractivity contribution is -0.141. The van der Waals surface area contributed by atoms with Gasteiger partial charge in [-0.05, 0) is 89.0 Å². The van der Waals surface area contributed by atoms with Gasteiger partial charge in [0.25, 0.3) is 0 Å². The molecule has 15 nitrogen and oxygen atoms in total. The summed E-state index contributed by atoms with van der Waals surface area (Å²) in [5, 5.41) is 10.4. The third-order valence-electron chi connectivity index (χ3n) is 12.6. The maximum Gasteiger partial charge on any atom is 0.408 e. The van der Waals surface area contributed by atoms with Gasteiger partial charge < -0.3 is 44.7 Å². The molecule has 65 heavy (non-hydrogen) atoms. The fraction of sp³-hybridized carbons (Fsp3) is 0.533. The highest BCUT2D eigenvalue weighted by Gasteiger charge is 2.66. The van der Waals surface area contributed by atoms with Crippen molar-refractivity contribution in [2.24, 2.45) is 5.92 Å². The average molecular weight is 959 g/mol. The lowest BCUT2D eigenvalue weighted by atomic mass is 10.1. The second-order valence-corrected chi connectivity index (χ2v) is 21.4. The average Bonchev–Trinajstić information content (AvgIpc) is 3.68. The molecule has 0 bridgehead atoms. The van der Waals surface area contributed by atoms with Crippen LogP contribution in [-0.4, -0.2) is 100 Å². The number of thiazole rings is 1. The first kappa shape index (κ1) is 46.9. The summed E-state index contributed by atoms with van der Waals surface area (Å²) < 4.78 is 68.3. The van der Waals surface area contributed by atoms with E-state index in [0.717, 1.165) is 25.0 Å². The second-order valence-electron chi connectivity index (χ2n) is 17.6. The smallest absolute Gasteiger partial charge is 0.408 e. The quantitative estimate of drug-likeness (QED) is 0.105. The molecule has 2 aliphatic heterocycles. The molecular weight excluding hydrogens is 905 g/mol. The number of hydrogen-bond donors (Lipinski definition) is 4. The highest BCUT2D eigenvalue weighted by Crippen LogP contribution is 2.71. The molecule has 4 aliphatic rings. The summed E-state index contributed by atoms with van der Waals surface area (Å²) in [5.74, 6) is -3.12. The monoisotopic (exact) mass is 958 g/mol. The van der Waals surface area contributed by atoms with E-state index >= 15 is 0 Å². The molecule has 2 saturated heterocycles. The molecule has 3 amide bonds. The number of rotatable bonds is 11. The van der Waals surface area contributed by atoms with E-state index in [1.54, 1.807) is 18.2 Å². The van der Waals surface area contributed by atoms with Gasteiger partial charge in [0.2, 0.25) is 19.2 Å². The number of aromatic nitrogens is 2. The summed E-state index contributed by atoms with van der Waals surface area (Å²) in [6.45, 7) is 3.90. The van der Waals surface area contributed by atoms with Crippen LogP contribution < -0.4 is 25.4 Å². The standard InChI is InChI=1S/C45H54ClF2N6O9PS/c1-25(2)49-43-51-35(24-65-43)33-19-38(29-15-16-37(60-3)39(46)40(29)50-33)62-28-18-36-41(55)53-45(64(58,59)23-30-31(47)13-9-14-32(30)48)20-26(45)10-5-4-8-17-61-22-34(42(56)54(36)21-28)52-44(57)63-27-11-6-7-12-27/h9,13-16,19,24-28,34,36H,4-8,10-12,17-18,20-23H2,1-3H3,(H,49,51)(H,52,57)(H,53,55)(H,58,59)/t26-,28-,34+,36+,45+/m1/s1. The number of fused-ring (bicyclic) bond motifs is 3. The van der Waals surface area contributed by atoms with Crippen LogP contribution in [0.4, 0.5) is 18.7 Å². The van der Waals surface area contributed by atoms with E-state index in [1.165, 1.54) is 29.4 Å². The van der Waals surface area contributed by atoms with Gasteiger partial charge in [-0.3, -0.25) is 14.2 Å². The number of anilines is 1. The van der Waals surface area contributed by atoms with Crippen molar-refractivity contribution in [3.05, 3.63) is 64.0 Å². The van der Waals surface area contributed by atoms with Gasteiger partial charge in [0.15, 0.2) is 5.13 Å². The number of halogens is 3. The Balaban J connectivity index is 1.14. The van der Waals surface area contributed by atoms with E-state index in [4.69, 9.17) is 40.5 Å². The van der Waals surface area contributed by atoms with Crippen molar-refractivity contribution in [3.8, 4) is 22.9 Å². The van der Waals surface area contributed by atoms with Crippen LogP contribution in [0.2, 0.25) is 5.02 Å². The Morgan fingerprint density at radius 1 is 1.06 bits per heavy atom. The van der Waals surface area contributed by atoms with Gasteiger partial charge >= 0.3 is 6.09 Å². The summed E-state index contributed by atoms with van der Waals surface area (Å²) in [5.41, 5.74) is 0.799. The van der Waals surface area contributed by atoms with Gasteiger partial charge in [-0.15, -0.1) is 11.3 Å². The lowest BCUT2D eigenvalue weighted by Gasteiger charge is -2.31. The molecular formula is C45H54ClF2N6O9PS. The zero-order valence-electron chi connectivity index (χ0n) is 36.4. The highest BCUT2D eigenvalue weighted by atomic mass is 35.5. The Kier molecular flexibility index (Phi) is 14.2. The van der Waals surface area contributed by atoms with E-state index in [1.807, 2.05) is 19.2 Å². The Bertz CT molecular complexity index is 2460. The van der Waals surface area contributed by atoms with Crippen LogP contribution in [0, 0.1) is 17.6 Å². The fourth-order valence-corrected chi connectivity index (χ4v) is 12.8. The number of nitrogens with zero attached hydrogens (tertiary/aromatic N) is 3. The van der Waals surface area contributed by atoms with Gasteiger partial charge in [-0.1, -0.05) is 30.5 Å². The van der Waals surface area contributed by atoms with Gasteiger partial charge in [0, 0.05) is 41.5 Å². The SMILES string of the molecule is COc1ccc2c(O[C@@H]3C[C@H]4C(=O)N[C@]5(P(=O)(O)Cc6c(F)cccc6F)C[C@H]5CCCCCOC[C@H](NC(=O)OC5CCCC5)C(=O)N4C3)cc(-c3csc(NC(C)C)n3)nc2c1Cl. The number of carbonyl (C=O) groups excluding carboxylic acids is 3. The molecule has 4 fully saturated rings. The van der Waals surface area contributed by atoms with E-state index < -0.39 is 78.0 Å². The molecule has 6 atom stereocenters. The molecule has 2 aromatic heterocycles. The number of pyridine rings is 1. The van der Waals surface area contributed by atoms with Gasteiger partial charge in [-0.25, -0.2) is 23.5 Å². The molecule has 1 unspecified atom stereocenters. The van der Waals surface area contributed by atoms with E-state index in [2.05, 4.69) is 16.0 Å². The Morgan fingerprint density at radius 3 is 2.55 bits per heavy atom. The number of amides is 3. The number of hydrogen-bond acceptors (Lipinski definition) is 12. The number of ether oxygens (including phenoxy) is 4. The number of methoxy groups -OCH3 is 1. The van der Waals surface area contributed by atoms with Crippen LogP contribution >= 0.6 is 30.3 Å². The van der Waals surface area contributed by atoms with Crippen molar-refractivity contribution in [3.63, 3.8) is 0 Å². The summed E-state index contributed by atoms with van der Waals surface area (Å²) in [6.07, 6.45) is 2.82. The minimum absolute atomic E-state index is 0.0850. The Labute approximate surface area is 384 Å². The fourth-order valence-electron chi connectivity index (χ4n) is 9.20. The summed E-state index contributed by atoms with van der Waals surface area (Å²) >= 11 is 8.26. The minimum atomic E-state index is -4.58. The molecule has 2 saturated carbocycles. The highest BCUT2D eigenvalue weighted by molar-refractivity contribution is 7.59. The molecule has 20 heteroatoms. The zero-order valence-corrected chi connectivity index (χ0v) is 38.9. The topological polar surface area (TPSA) is 191 Å². The predicted octanol–water partition coefficient (Wildman–Crippen LogP) is 8.40. The molecule has 0 radical (unpaired) electrons. The lowest BCUT2D eigenvalue weighted by Crippen LogP contribution is -2.56. The van der Waals surface area contributed by atoms with Crippen LogP contribution in [0.25, 0.3) is 22.3 Å². The Morgan fingerprint density at radius 2 is 1.82 bits per heavy atom. The molecule has 8 rings (SSSR count). The maximum absolute atomic E-state index is 15.0. The molecule has 4 N–H and O–H groups in total. The Hall–Kier alpha value is -4.61. The summed E-state index contributed by atoms with van der Waals surface area (Å²) in [4.78, 5) is 65.6. The minimum Gasteiger partial charge on any atom is -0.495 e. The molecule has 2 aromatic carbocycles. The summed E-state index contributed by atoms with van der Waals surface area (Å²) in [7, 11) is -3.09. The predicted molar refractivity (Wildman–Crippen MR) is 242 cm³/mol. The molecule has 0 spiro atoms. The van der Waals surface area contributed by atoms with Crippen molar-refractivity contribution < 1.29 is 51.6 Å². The van der Waals surface area contributed by atoms with E-state index in [9.17, 15) is 32.6 Å². The third kappa shape index (κ3) is 10.2. The van der Waals surface area contributed by atoms with Crippen molar-refractivity contribution in [1.29, 1.82) is 0 Å². The molecule has 350 valence electrons. The van der Waals surface area contributed by atoms with Crippen LogP contribution in [-0.2, 0) is 29.8 Å². The van der Waals surface area contributed by atoms with Crippen LogP contribution in [0.1, 0.15) is 83.6 Å². The van der Waals surface area contributed by atoms with E-state index in [0.29, 0.717) is 77.4 Å². The van der Waals surface area contributed by atoms with Crippen molar-refractivity contribution in [2.45, 2.75) is 120 Å². The zero-order chi connectivity index (χ0) is 46.0. The van der Waals surface area contributed by atoms with Crippen LogP contribution in [0.15, 0.2) is 41.8 Å². The molecule has 2 aliphatic carbocycles. The first-order chi connectivity index (χ1) is 31.2. The number of benzene rings is 2. The van der Waals surface area contributed by atoms with Crippen molar-refractivity contribution >= 4 is 64.2 Å². The normalized spacial score (nSPS) is 25.2. The molecule has 4 aromatic rings. The largest absolute Gasteiger partial charge is 0.495 e. The number of carbonyl (C=O) groups is 3. The van der Waals surface area contributed by atoms with E-state index in [-0.39, 0.29) is 49.8 Å². The van der Waals surface area contributed by atoms with Crippen molar-refractivity contribution in [2.75, 3.05) is 32.2 Å². The number of nitrogens with one attached hydrogen (secondary N) is 3. The van der Waals surface area contributed by atoms with Crippen molar-refractivity contribution in [1.82, 2.24) is 25.5 Å². The van der Waals surface area contributed by atoms with Gasteiger partial charge in [-0.2, -0.15) is 0 Å². The van der Waals surface area contributed by atoms with Crippen LogP contribution in [0.3, 0.4) is 0 Å². The molecule has 4 heterocycles.